The van der Waals surface area contributed by atoms with Gasteiger partial charge in [0.15, 0.2) is 53.1 Å². The fraction of sp³-hybridized carbons (Fsp3) is 0.524. The minimum Gasteiger partial charge on any atom is -0.462 e. The monoisotopic (exact) mass is 1610 g/mol. The summed E-state index contributed by atoms with van der Waals surface area (Å²) in [7, 11) is -12.2. The molecule has 10 heterocycles. The average molecular weight is 1610 g/mol. The number of nitrogen functional groups attached to an aromatic ring is 3. The van der Waals surface area contributed by atoms with Crippen LogP contribution in [0, 0.1) is 0 Å². The number of carbonyl (C=O) groups excluding carboxylic acids is 3. The topological polar surface area (TPSA) is 499 Å². The molecule has 18 atom stereocenters. The lowest BCUT2D eigenvalue weighted by atomic mass is 10.0. The summed E-state index contributed by atoms with van der Waals surface area (Å²) in [6, 6.07) is 13.6. The van der Waals surface area contributed by atoms with E-state index in [0.29, 0.717) is 33.5 Å². The third-order valence-corrected chi connectivity index (χ3v) is 22.8. The van der Waals surface area contributed by atoms with Gasteiger partial charge in [-0.1, -0.05) is 36.4 Å². The van der Waals surface area contributed by atoms with Gasteiger partial charge < -0.3 is 64.9 Å². The second-order valence-electron chi connectivity index (χ2n) is 26.4. The maximum Gasteiger partial charge on any atom is 0.459 e. The SMILES string of the molecule is CC(C)OC(=O)C(C)NP(=O)(OC[C@H]1O[C@@H](n2cnc3c(N)ncnc32)[C@](C)(Cl)[C@@H]1O)Oc1ccccc1.CC(C)OC(=O)[C@@H](C)NP(=O)(OC[C@H]1O[C@@H](n2cnc3c(N)ncnc32)[C@](C)(Cl)[C@@H]1O)Oc1ccccc1.CC(C)OC(=O)[C@H](C)N[P@]1(=O)OC[C@H]2O[C@@H](n3cnc4c(N)ncnc43)[C@](C)(Cl)[C@@H]2O1. The molecule has 3 unspecified atom stereocenters. The molecular formula is C63H84Cl3N18O20P3. The quantitative estimate of drug-likeness (QED) is 0.0120. The van der Waals surface area contributed by atoms with Crippen molar-refractivity contribution in [3.63, 3.8) is 0 Å². The molecule has 8 aromatic rings. The van der Waals surface area contributed by atoms with Gasteiger partial charge in [-0.15, -0.1) is 34.8 Å². The number of hydrogen-bond donors (Lipinski definition) is 8. The number of nitrogens with zero attached hydrogens (tertiary/aromatic N) is 12. The summed E-state index contributed by atoms with van der Waals surface area (Å²) >= 11 is 20.3. The van der Waals surface area contributed by atoms with Crippen LogP contribution in [0.1, 0.15) is 102 Å². The first-order valence-corrected chi connectivity index (χ1v) is 39.1. The summed E-state index contributed by atoms with van der Waals surface area (Å²) in [6.45, 7) is 18.7. The zero-order chi connectivity index (χ0) is 77.9. The van der Waals surface area contributed by atoms with Crippen molar-refractivity contribution >= 4 is 127 Å². The first-order valence-electron chi connectivity index (χ1n) is 33.4. The van der Waals surface area contributed by atoms with Gasteiger partial charge in [0.25, 0.3) is 0 Å². The van der Waals surface area contributed by atoms with Crippen molar-refractivity contribution in [1.29, 1.82) is 0 Å². The molecule has 0 radical (unpaired) electrons. The van der Waals surface area contributed by atoms with E-state index in [9.17, 15) is 38.3 Å². The van der Waals surface area contributed by atoms with Gasteiger partial charge in [0.2, 0.25) is 0 Å². The van der Waals surface area contributed by atoms with Crippen LogP contribution in [-0.2, 0) is 74.6 Å². The standard InChI is InChI=1S/2C23H30ClN6O7P.C17H24ClN6O6P/c2*1-13(2)35-21(32)14(3)29-38(33,37-15-8-6-5-7-9-15)34-10-16-18(31)23(4,24)22(36-16)30-12-28-17-19(25)26-11-27-20(17)30;1-8(2)28-15(25)9(3)23-31(26)27-5-10-12(30-31)17(4,18)16(29-10)24-7-22-11-13(19)20-6-21-14(11)24/h2*5-9,11-14,16,18,22,31H,10H2,1-4H3,(H,29,33)(H2,25,26,27);6-10,12,16H,5H2,1-4H3,(H,23,26)(H2,19,20,21)/t14?,16-,18-,22-,23-,38?;14-,16-,18-,22-,23-,38?;9-,10+,12+,16+,17+,31-/m110/s1. The van der Waals surface area contributed by atoms with Crippen molar-refractivity contribution in [1.82, 2.24) is 73.8 Å². The van der Waals surface area contributed by atoms with E-state index in [0.717, 1.165) is 0 Å². The van der Waals surface area contributed by atoms with Crippen LogP contribution in [0.5, 0.6) is 11.5 Å². The normalized spacial score (nSPS) is 28.2. The molecule has 12 rings (SSSR count). The fourth-order valence-electron chi connectivity index (χ4n) is 11.4. The Hall–Kier alpha value is -7.42. The van der Waals surface area contributed by atoms with Crippen LogP contribution in [0.3, 0.4) is 0 Å². The number of benzene rings is 2. The van der Waals surface area contributed by atoms with Gasteiger partial charge in [-0.05, 0) is 107 Å². The highest BCUT2D eigenvalue weighted by Crippen LogP contribution is 2.58. The summed E-state index contributed by atoms with van der Waals surface area (Å²) in [6.07, 6.45) is -1.46. The molecule has 4 aliphatic rings. The number of carbonyl (C=O) groups is 3. The van der Waals surface area contributed by atoms with Crippen LogP contribution in [0.2, 0.25) is 0 Å². The molecule has 44 heteroatoms. The van der Waals surface area contributed by atoms with Gasteiger partial charge in [0.05, 0.1) is 57.1 Å². The summed E-state index contributed by atoms with van der Waals surface area (Å²) in [5.41, 5.74) is 19.9. The summed E-state index contributed by atoms with van der Waals surface area (Å²) in [4.78, 5) is 70.0. The van der Waals surface area contributed by atoms with E-state index in [1.165, 1.54) is 67.9 Å². The lowest BCUT2D eigenvalue weighted by Gasteiger charge is -2.36. The van der Waals surface area contributed by atoms with Crippen LogP contribution in [0.15, 0.2) is 98.6 Å². The van der Waals surface area contributed by atoms with Crippen LogP contribution in [0.4, 0.5) is 17.5 Å². The van der Waals surface area contributed by atoms with Crippen LogP contribution >= 0.6 is 58.0 Å². The van der Waals surface area contributed by atoms with Crippen molar-refractivity contribution in [2.24, 2.45) is 0 Å². The van der Waals surface area contributed by atoms with E-state index in [1.807, 2.05) is 0 Å². The minimum atomic E-state index is -4.18. The van der Waals surface area contributed by atoms with Crippen LogP contribution in [0.25, 0.3) is 33.5 Å². The van der Waals surface area contributed by atoms with E-state index >= 15 is 0 Å². The molecule has 582 valence electrons. The third-order valence-electron chi connectivity index (χ3n) is 16.6. The van der Waals surface area contributed by atoms with Crippen molar-refractivity contribution in [2.75, 3.05) is 37.0 Å². The molecular weight excluding hydrogens is 1530 g/mol. The van der Waals surface area contributed by atoms with Gasteiger partial charge in [-0.2, -0.15) is 10.2 Å². The van der Waals surface area contributed by atoms with Gasteiger partial charge in [0, 0.05) is 0 Å². The highest BCUT2D eigenvalue weighted by Gasteiger charge is 2.61. The van der Waals surface area contributed by atoms with E-state index < -0.39 is 142 Å². The maximum absolute atomic E-state index is 13.8. The highest BCUT2D eigenvalue weighted by molar-refractivity contribution is 7.52. The first kappa shape index (κ1) is 82.1. The Morgan fingerprint density at radius 2 is 0.897 bits per heavy atom. The van der Waals surface area contributed by atoms with Crippen molar-refractivity contribution in [3.8, 4) is 11.5 Å². The Labute approximate surface area is 628 Å². The van der Waals surface area contributed by atoms with Gasteiger partial charge in [-0.25, -0.2) is 63.6 Å². The largest absolute Gasteiger partial charge is 0.462 e. The number of aliphatic hydroxyl groups is 2. The molecule has 4 fully saturated rings. The number of rotatable bonds is 25. The van der Waals surface area contributed by atoms with Crippen LogP contribution in [-0.4, -0.2) is 194 Å². The number of imidazole rings is 3. The molecule has 0 amide bonds. The predicted molar refractivity (Wildman–Crippen MR) is 387 cm³/mol. The van der Waals surface area contributed by atoms with Gasteiger partial charge in [-0.3, -0.25) is 46.2 Å². The van der Waals surface area contributed by atoms with Gasteiger partial charge in [0.1, 0.15) is 116 Å². The molecule has 4 aliphatic heterocycles. The Kier molecular flexibility index (Phi) is 25.6. The second-order valence-corrected chi connectivity index (χ2v) is 33.9. The zero-order valence-corrected chi connectivity index (χ0v) is 64.8. The number of esters is 3. The van der Waals surface area contributed by atoms with E-state index in [1.54, 1.807) is 128 Å². The number of anilines is 3. The van der Waals surface area contributed by atoms with E-state index in [2.05, 4.69) is 60.1 Å². The maximum atomic E-state index is 13.8. The second kappa shape index (κ2) is 33.4. The number of fused-ring (bicyclic) bond motifs is 4. The summed E-state index contributed by atoms with van der Waals surface area (Å²) in [5.74, 6) is -0.788. The molecule has 0 aliphatic carbocycles. The average Bonchev–Trinajstić information content (AvgIpc) is 1.60. The van der Waals surface area contributed by atoms with Crippen molar-refractivity contribution in [2.45, 2.75) is 189 Å². The molecule has 0 spiro atoms. The number of aromatic nitrogens is 12. The minimum absolute atomic E-state index is 0.0521. The molecule has 107 heavy (non-hydrogen) atoms. The Morgan fingerprint density at radius 3 is 1.25 bits per heavy atom. The Bertz CT molecular complexity index is 4390. The first-order chi connectivity index (χ1) is 50.3. The van der Waals surface area contributed by atoms with Gasteiger partial charge >= 0.3 is 41.1 Å². The smallest absolute Gasteiger partial charge is 0.459 e. The Balaban J connectivity index is 0.000000172. The molecule has 0 bridgehead atoms. The Morgan fingerprint density at radius 1 is 0.551 bits per heavy atom. The fourth-order valence-corrected chi connectivity index (χ4v) is 17.2. The number of alkyl halides is 3. The number of para-hydroxylation sites is 2. The number of nitrogens with two attached hydrogens (primary N) is 3. The molecule has 4 saturated heterocycles. The molecule has 2 aromatic carbocycles. The molecule has 6 aromatic heterocycles. The lowest BCUT2D eigenvalue weighted by molar-refractivity contribution is -0.150. The zero-order valence-electron chi connectivity index (χ0n) is 59.8. The van der Waals surface area contributed by atoms with E-state index in [-0.39, 0.29) is 53.9 Å². The van der Waals surface area contributed by atoms with Crippen LogP contribution < -0.4 is 41.5 Å². The molecule has 11 N–H and O–H groups in total. The van der Waals surface area contributed by atoms with Crippen molar-refractivity contribution < 1.29 is 93.9 Å². The van der Waals surface area contributed by atoms with E-state index in [4.69, 9.17) is 108 Å². The predicted octanol–water partition coefficient (Wildman–Crippen LogP) is 7.35. The number of aliphatic hydroxyl groups excluding tert-OH is 2. The molecule has 0 saturated carbocycles. The third kappa shape index (κ3) is 18.7. The number of halogens is 3. The lowest BCUT2D eigenvalue weighted by Crippen LogP contribution is -2.47. The summed E-state index contributed by atoms with van der Waals surface area (Å²) < 4.78 is 113. The summed E-state index contributed by atoms with van der Waals surface area (Å²) in [5, 5.41) is 29.8. The molecule has 38 nitrogen and oxygen atoms in total. The number of nitrogens with one attached hydrogen (secondary N) is 3. The number of ether oxygens (including phenoxy) is 6. The van der Waals surface area contributed by atoms with Crippen molar-refractivity contribution in [3.05, 3.63) is 98.6 Å². The highest BCUT2D eigenvalue weighted by atomic mass is 35.5. The number of hydrogen-bond acceptors (Lipinski definition) is 32.